The maximum absolute atomic E-state index is 12.0. The normalized spacial score (nSPS) is 13.1. The van der Waals surface area contributed by atoms with Gasteiger partial charge in [-0.05, 0) is 51.3 Å². The molecule has 1 rings (SSSR count). The van der Waals surface area contributed by atoms with E-state index < -0.39 is 21.5 Å². The Balaban J connectivity index is 0.00000900. The highest BCUT2D eigenvalue weighted by Crippen LogP contribution is 2.16. The van der Waals surface area contributed by atoms with Crippen molar-refractivity contribution in [2.75, 3.05) is 19.8 Å². The molecule has 0 saturated heterocycles. The maximum atomic E-state index is 12.0. The van der Waals surface area contributed by atoms with Crippen LogP contribution in [0.5, 0.6) is 0 Å². The minimum absolute atomic E-state index is 0. The van der Waals surface area contributed by atoms with Gasteiger partial charge in [-0.25, -0.2) is 13.2 Å². The van der Waals surface area contributed by atoms with Crippen LogP contribution in [0.25, 0.3) is 0 Å². The summed E-state index contributed by atoms with van der Waals surface area (Å²) < 4.78 is 28.8. The van der Waals surface area contributed by atoms with Crippen molar-refractivity contribution in [3.8, 4) is 0 Å². The summed E-state index contributed by atoms with van der Waals surface area (Å²) in [5.74, 6) is 0.590. The molecule has 0 aliphatic heterocycles. The molecule has 1 unspecified atom stereocenters. The van der Waals surface area contributed by atoms with Crippen LogP contribution in [-0.4, -0.2) is 52.0 Å². The van der Waals surface area contributed by atoms with E-state index in [0.717, 1.165) is 18.4 Å². The molecule has 8 nitrogen and oxygen atoms in total. The minimum Gasteiger partial charge on any atom is -0.444 e. The first-order valence-electron chi connectivity index (χ1n) is 10.1. The van der Waals surface area contributed by atoms with Gasteiger partial charge in [0.05, 0.1) is 4.90 Å². The molecule has 0 aromatic heterocycles. The van der Waals surface area contributed by atoms with E-state index in [1.165, 1.54) is 6.26 Å². The molecule has 1 amide bonds. The average Bonchev–Trinajstić information content (AvgIpc) is 2.59. The number of ether oxygens (including phenoxy) is 1. The van der Waals surface area contributed by atoms with E-state index in [1.807, 2.05) is 26.8 Å². The summed E-state index contributed by atoms with van der Waals surface area (Å²) in [5.41, 5.74) is 1.11. The van der Waals surface area contributed by atoms with E-state index in [-0.39, 0.29) is 30.0 Å². The lowest BCUT2D eigenvalue weighted by atomic mass is 10.1. The van der Waals surface area contributed by atoms with Crippen LogP contribution in [0, 0.1) is 6.92 Å². The van der Waals surface area contributed by atoms with Gasteiger partial charge in [-0.1, -0.05) is 25.5 Å². The molecule has 0 fully saturated rings. The molecular formula is C21H37IN4O4S. The van der Waals surface area contributed by atoms with Crippen LogP contribution in [0.15, 0.2) is 28.1 Å². The molecule has 0 radical (unpaired) electrons. The van der Waals surface area contributed by atoms with Gasteiger partial charge >= 0.3 is 6.09 Å². The molecule has 0 spiro atoms. The molecule has 0 aliphatic rings. The number of halogens is 1. The SMILES string of the molecule is CCCC(CNC(=NC)NCc1ccc(S(C)(=O)=O)c(C)c1)NC(=O)OC(C)(C)C.I. The van der Waals surface area contributed by atoms with Crippen molar-refractivity contribution in [1.82, 2.24) is 16.0 Å². The molecule has 0 bridgehead atoms. The first kappa shape index (κ1) is 29.4. The minimum atomic E-state index is -3.23. The Bertz CT molecular complexity index is 851. The fraction of sp³-hybridized carbons (Fsp3) is 0.619. The van der Waals surface area contributed by atoms with Crippen LogP contribution >= 0.6 is 24.0 Å². The average molecular weight is 569 g/mol. The van der Waals surface area contributed by atoms with Crippen molar-refractivity contribution < 1.29 is 17.9 Å². The van der Waals surface area contributed by atoms with Crippen LogP contribution in [0.4, 0.5) is 4.79 Å². The summed E-state index contributed by atoms with van der Waals surface area (Å²) in [6, 6.07) is 5.16. The number of rotatable bonds is 8. The fourth-order valence-corrected chi connectivity index (χ4v) is 3.87. The molecular weight excluding hydrogens is 531 g/mol. The number of aliphatic imine (C=N–C) groups is 1. The van der Waals surface area contributed by atoms with Gasteiger partial charge in [0.25, 0.3) is 0 Å². The Morgan fingerprint density at radius 2 is 1.87 bits per heavy atom. The number of carbonyl (C=O) groups excluding carboxylic acids is 1. The zero-order chi connectivity index (χ0) is 22.9. The van der Waals surface area contributed by atoms with Gasteiger partial charge in [-0.2, -0.15) is 0 Å². The monoisotopic (exact) mass is 568 g/mol. The van der Waals surface area contributed by atoms with E-state index in [0.29, 0.717) is 29.5 Å². The van der Waals surface area contributed by atoms with Gasteiger partial charge in [0.15, 0.2) is 15.8 Å². The molecule has 0 saturated carbocycles. The van der Waals surface area contributed by atoms with Gasteiger partial charge in [-0.15, -0.1) is 24.0 Å². The third-order valence-corrected chi connectivity index (χ3v) is 5.45. The third-order valence-electron chi connectivity index (χ3n) is 4.20. The van der Waals surface area contributed by atoms with E-state index in [4.69, 9.17) is 4.74 Å². The predicted molar refractivity (Wildman–Crippen MR) is 136 cm³/mol. The van der Waals surface area contributed by atoms with E-state index in [2.05, 4.69) is 27.9 Å². The van der Waals surface area contributed by atoms with Crippen molar-refractivity contribution in [2.45, 2.75) is 70.5 Å². The fourth-order valence-electron chi connectivity index (χ4n) is 2.91. The van der Waals surface area contributed by atoms with E-state index >= 15 is 0 Å². The molecule has 0 aliphatic carbocycles. The highest BCUT2D eigenvalue weighted by molar-refractivity contribution is 14.0. The Kier molecular flexibility index (Phi) is 12.4. The van der Waals surface area contributed by atoms with Crippen molar-refractivity contribution in [1.29, 1.82) is 0 Å². The second-order valence-electron chi connectivity index (χ2n) is 8.31. The van der Waals surface area contributed by atoms with Crippen LogP contribution in [-0.2, 0) is 21.1 Å². The first-order valence-corrected chi connectivity index (χ1v) is 12.0. The van der Waals surface area contributed by atoms with Gasteiger partial charge in [0.1, 0.15) is 5.60 Å². The maximum Gasteiger partial charge on any atom is 0.407 e. The highest BCUT2D eigenvalue weighted by atomic mass is 127. The van der Waals surface area contributed by atoms with Crippen molar-refractivity contribution in [3.63, 3.8) is 0 Å². The van der Waals surface area contributed by atoms with E-state index in [9.17, 15) is 13.2 Å². The van der Waals surface area contributed by atoms with Crippen molar-refractivity contribution in [2.24, 2.45) is 4.99 Å². The Hall–Kier alpha value is -1.56. The number of amides is 1. The van der Waals surface area contributed by atoms with Crippen molar-refractivity contribution >= 4 is 45.9 Å². The zero-order valence-corrected chi connectivity index (χ0v) is 22.7. The van der Waals surface area contributed by atoms with Gasteiger partial charge in [0, 0.05) is 32.4 Å². The molecule has 178 valence electrons. The second-order valence-corrected chi connectivity index (χ2v) is 10.3. The Morgan fingerprint density at radius 3 is 2.35 bits per heavy atom. The first-order chi connectivity index (χ1) is 13.9. The second kappa shape index (κ2) is 13.1. The summed E-state index contributed by atoms with van der Waals surface area (Å²) in [6.45, 7) is 10.3. The third kappa shape index (κ3) is 11.6. The number of guanidine groups is 1. The summed E-state index contributed by atoms with van der Waals surface area (Å²) >= 11 is 0. The van der Waals surface area contributed by atoms with Crippen LogP contribution < -0.4 is 16.0 Å². The number of sulfone groups is 1. The zero-order valence-electron chi connectivity index (χ0n) is 19.5. The summed E-state index contributed by atoms with van der Waals surface area (Å²) in [6.07, 6.45) is 2.49. The van der Waals surface area contributed by atoms with Gasteiger partial charge < -0.3 is 20.7 Å². The molecule has 10 heteroatoms. The predicted octanol–water partition coefficient (Wildman–Crippen LogP) is 3.37. The number of hydrogen-bond donors (Lipinski definition) is 3. The quantitative estimate of drug-likeness (QED) is 0.252. The lowest BCUT2D eigenvalue weighted by molar-refractivity contribution is 0.0502. The molecule has 31 heavy (non-hydrogen) atoms. The van der Waals surface area contributed by atoms with Crippen LogP contribution in [0.2, 0.25) is 0 Å². The molecule has 1 aromatic rings. The lowest BCUT2D eigenvalue weighted by Gasteiger charge is -2.24. The standard InChI is InChI=1S/C21H36N4O4S.HI/c1-8-9-17(25-20(26)29-21(3,4)5)14-24-19(22-6)23-13-16-10-11-18(15(2)12-16)30(7,27)28;/h10-12,17H,8-9,13-14H2,1-7H3,(H,25,26)(H2,22,23,24);1H. The largest absolute Gasteiger partial charge is 0.444 e. The van der Waals surface area contributed by atoms with Gasteiger partial charge in [-0.3, -0.25) is 4.99 Å². The summed E-state index contributed by atoms with van der Waals surface area (Å²) in [5, 5.41) is 9.31. The molecule has 1 atom stereocenters. The lowest BCUT2D eigenvalue weighted by Crippen LogP contribution is -2.48. The number of hydrogen-bond acceptors (Lipinski definition) is 5. The molecule has 0 heterocycles. The number of nitrogens with zero attached hydrogens (tertiary/aromatic N) is 1. The van der Waals surface area contributed by atoms with Gasteiger partial charge in [0.2, 0.25) is 0 Å². The summed E-state index contributed by atoms with van der Waals surface area (Å²) in [4.78, 5) is 16.6. The number of benzene rings is 1. The van der Waals surface area contributed by atoms with E-state index in [1.54, 1.807) is 26.1 Å². The molecule has 3 N–H and O–H groups in total. The number of aryl methyl sites for hydroxylation is 1. The van der Waals surface area contributed by atoms with Crippen molar-refractivity contribution in [3.05, 3.63) is 29.3 Å². The smallest absolute Gasteiger partial charge is 0.407 e. The summed E-state index contributed by atoms with van der Waals surface area (Å²) in [7, 11) is -1.56. The Morgan fingerprint density at radius 1 is 1.23 bits per heavy atom. The number of carbonyl (C=O) groups is 1. The highest BCUT2D eigenvalue weighted by Gasteiger charge is 2.19. The topological polar surface area (TPSA) is 109 Å². The number of nitrogens with one attached hydrogen (secondary N) is 3. The molecule has 1 aromatic carbocycles. The Labute approximate surface area is 203 Å². The van der Waals surface area contributed by atoms with Crippen LogP contribution in [0.1, 0.15) is 51.7 Å². The van der Waals surface area contributed by atoms with Crippen LogP contribution in [0.3, 0.4) is 0 Å². The number of alkyl carbamates (subject to hydrolysis) is 1.